The predicted molar refractivity (Wildman–Crippen MR) is 106 cm³/mol. The number of nitrogens with one attached hydrogen (secondary N) is 2. The normalized spacial score (nSPS) is 18.7. The topological polar surface area (TPSA) is 83.0 Å². The first-order valence-electron chi connectivity index (χ1n) is 9.20. The van der Waals surface area contributed by atoms with E-state index in [1.54, 1.807) is 32.2 Å². The first kappa shape index (κ1) is 23.3. The highest BCUT2D eigenvalue weighted by Crippen LogP contribution is 2.24. The van der Waals surface area contributed by atoms with E-state index in [1.165, 1.54) is 10.6 Å². The van der Waals surface area contributed by atoms with Gasteiger partial charge in [-0.15, -0.1) is 0 Å². The number of hydrogen-bond donors (Lipinski definition) is 2. The lowest BCUT2D eigenvalue weighted by Gasteiger charge is -2.23. The molecule has 1 aromatic rings. The fourth-order valence-electron chi connectivity index (χ4n) is 3.17. The smallest absolute Gasteiger partial charge is 0.422 e. The minimum atomic E-state index is -4.42. The lowest BCUT2D eigenvalue weighted by atomic mass is 10.1. The van der Waals surface area contributed by atoms with Crippen LogP contribution in [0.3, 0.4) is 0 Å². The van der Waals surface area contributed by atoms with E-state index < -0.39 is 22.8 Å². The maximum absolute atomic E-state index is 12.5. The van der Waals surface area contributed by atoms with Gasteiger partial charge in [0.1, 0.15) is 5.75 Å². The molecule has 1 saturated heterocycles. The van der Waals surface area contributed by atoms with Gasteiger partial charge in [-0.3, -0.25) is 4.99 Å². The Bertz CT molecular complexity index is 828. The van der Waals surface area contributed by atoms with Crippen molar-refractivity contribution in [2.75, 3.05) is 33.0 Å². The largest absolute Gasteiger partial charge is 0.484 e. The summed E-state index contributed by atoms with van der Waals surface area (Å²) in [6.45, 7) is 1.50. The fraction of sp³-hybridized carbons (Fsp3) is 0.611. The van der Waals surface area contributed by atoms with E-state index in [0.29, 0.717) is 24.6 Å². The third-order valence-corrected chi connectivity index (χ3v) is 5.87. The number of guanidine groups is 1. The second-order valence-corrected chi connectivity index (χ2v) is 8.93. The summed E-state index contributed by atoms with van der Waals surface area (Å²) in [6.07, 6.45) is -1.67. The van der Waals surface area contributed by atoms with Crippen molar-refractivity contribution < 1.29 is 26.3 Å². The van der Waals surface area contributed by atoms with Crippen molar-refractivity contribution in [3.05, 3.63) is 29.3 Å². The van der Waals surface area contributed by atoms with Crippen molar-refractivity contribution in [2.45, 2.75) is 38.5 Å². The number of ether oxygens (including phenoxy) is 1. The van der Waals surface area contributed by atoms with Crippen LogP contribution in [0.15, 0.2) is 23.2 Å². The van der Waals surface area contributed by atoms with E-state index in [0.717, 1.165) is 18.4 Å². The van der Waals surface area contributed by atoms with E-state index in [-0.39, 0.29) is 18.3 Å². The van der Waals surface area contributed by atoms with Crippen LogP contribution in [0.4, 0.5) is 13.2 Å². The highest BCUT2D eigenvalue weighted by atomic mass is 32.2. The lowest BCUT2D eigenvalue weighted by Crippen LogP contribution is -2.46. The highest BCUT2D eigenvalue weighted by molar-refractivity contribution is 7.88. The number of benzene rings is 1. The van der Waals surface area contributed by atoms with Crippen molar-refractivity contribution in [1.82, 2.24) is 14.9 Å². The Morgan fingerprint density at radius 1 is 1.34 bits per heavy atom. The number of hydrogen-bond acceptors (Lipinski definition) is 4. The van der Waals surface area contributed by atoms with Gasteiger partial charge in [0, 0.05) is 38.3 Å². The summed E-state index contributed by atoms with van der Waals surface area (Å²) in [4.78, 5) is 4.09. The molecule has 1 heterocycles. The summed E-state index contributed by atoms with van der Waals surface area (Å²) in [5.41, 5.74) is 1.34. The molecule has 1 atom stereocenters. The summed E-state index contributed by atoms with van der Waals surface area (Å²) < 4.78 is 67.5. The van der Waals surface area contributed by atoms with Crippen molar-refractivity contribution >= 4 is 16.0 Å². The molecule has 0 aliphatic carbocycles. The van der Waals surface area contributed by atoms with Crippen molar-refractivity contribution in [3.8, 4) is 5.75 Å². The fourth-order valence-corrected chi connectivity index (χ4v) is 4.35. The van der Waals surface area contributed by atoms with Gasteiger partial charge in [0.25, 0.3) is 0 Å². The zero-order valence-electron chi connectivity index (χ0n) is 16.7. The van der Waals surface area contributed by atoms with E-state index in [4.69, 9.17) is 4.74 Å². The van der Waals surface area contributed by atoms with Gasteiger partial charge in [-0.25, -0.2) is 8.42 Å². The summed E-state index contributed by atoms with van der Waals surface area (Å²) in [7, 11) is -1.70. The molecule has 1 aromatic carbocycles. The van der Waals surface area contributed by atoms with Crippen LogP contribution in [0.5, 0.6) is 5.75 Å². The first-order valence-corrected chi connectivity index (χ1v) is 11.0. The monoisotopic (exact) mass is 436 g/mol. The Kier molecular flexibility index (Phi) is 7.75. The Labute approximate surface area is 169 Å². The zero-order valence-corrected chi connectivity index (χ0v) is 17.5. The molecule has 0 spiro atoms. The molecule has 0 amide bonds. The van der Waals surface area contributed by atoms with Crippen LogP contribution in [0.2, 0.25) is 0 Å². The molecule has 29 heavy (non-hydrogen) atoms. The highest BCUT2D eigenvalue weighted by Gasteiger charge is 2.31. The van der Waals surface area contributed by atoms with Crippen LogP contribution in [0, 0.1) is 6.92 Å². The SMILES string of the molecule is CN=C(NCc1ccc(C)cc1OCC(F)(F)F)NC[C@H]1CCCN1S(C)(=O)=O. The van der Waals surface area contributed by atoms with E-state index in [2.05, 4.69) is 15.6 Å². The maximum Gasteiger partial charge on any atom is 0.422 e. The molecule has 2 N–H and O–H groups in total. The summed E-state index contributed by atoms with van der Waals surface area (Å²) in [5, 5.41) is 6.11. The van der Waals surface area contributed by atoms with E-state index in [9.17, 15) is 21.6 Å². The number of alkyl halides is 3. The molecular formula is C18H27F3N4O3S. The van der Waals surface area contributed by atoms with Crippen LogP contribution in [0.25, 0.3) is 0 Å². The number of nitrogens with zero attached hydrogens (tertiary/aromatic N) is 2. The van der Waals surface area contributed by atoms with Crippen molar-refractivity contribution in [1.29, 1.82) is 0 Å². The molecule has 0 bridgehead atoms. The number of halogens is 3. The molecule has 0 unspecified atom stereocenters. The Balaban J connectivity index is 1.95. The molecule has 7 nitrogen and oxygen atoms in total. The molecule has 1 aliphatic heterocycles. The third-order valence-electron chi connectivity index (χ3n) is 4.54. The number of rotatable bonds is 7. The maximum atomic E-state index is 12.5. The van der Waals surface area contributed by atoms with Crippen molar-refractivity contribution in [2.24, 2.45) is 4.99 Å². The molecule has 0 aromatic heterocycles. The van der Waals surface area contributed by atoms with Gasteiger partial charge in [0.05, 0.1) is 6.26 Å². The average molecular weight is 437 g/mol. The minimum absolute atomic E-state index is 0.157. The number of aliphatic imine (C=N–C) groups is 1. The third kappa shape index (κ3) is 7.39. The number of sulfonamides is 1. The van der Waals surface area contributed by atoms with Gasteiger partial charge >= 0.3 is 6.18 Å². The lowest BCUT2D eigenvalue weighted by molar-refractivity contribution is -0.153. The molecule has 0 saturated carbocycles. The number of aryl methyl sites for hydroxylation is 1. The van der Waals surface area contributed by atoms with Gasteiger partial charge in [0.15, 0.2) is 12.6 Å². The van der Waals surface area contributed by atoms with Crippen LogP contribution < -0.4 is 15.4 Å². The van der Waals surface area contributed by atoms with E-state index >= 15 is 0 Å². The quantitative estimate of drug-likeness (QED) is 0.505. The van der Waals surface area contributed by atoms with Gasteiger partial charge < -0.3 is 15.4 Å². The molecule has 164 valence electrons. The molecule has 11 heteroatoms. The van der Waals surface area contributed by atoms with Gasteiger partial charge in [0.2, 0.25) is 10.0 Å². The Morgan fingerprint density at radius 2 is 2.07 bits per heavy atom. The first-order chi connectivity index (χ1) is 13.5. The Hall–Kier alpha value is -2.01. The molecule has 2 rings (SSSR count). The zero-order chi connectivity index (χ0) is 21.7. The average Bonchev–Trinajstić information content (AvgIpc) is 3.09. The van der Waals surface area contributed by atoms with Gasteiger partial charge in [-0.1, -0.05) is 12.1 Å². The summed E-state index contributed by atoms with van der Waals surface area (Å²) in [6, 6.07) is 4.88. The van der Waals surface area contributed by atoms with Crippen LogP contribution in [0.1, 0.15) is 24.0 Å². The van der Waals surface area contributed by atoms with Crippen LogP contribution in [-0.2, 0) is 16.6 Å². The Morgan fingerprint density at radius 3 is 2.69 bits per heavy atom. The van der Waals surface area contributed by atoms with E-state index in [1.807, 2.05) is 0 Å². The summed E-state index contributed by atoms with van der Waals surface area (Å²) in [5.74, 6) is 0.581. The van der Waals surface area contributed by atoms with Crippen molar-refractivity contribution in [3.63, 3.8) is 0 Å². The second kappa shape index (κ2) is 9.66. The molecule has 1 fully saturated rings. The standard InChI is InChI=1S/C18H27F3N4O3S/c1-13-6-7-14(16(9-13)28-12-18(19,20)21)10-23-17(22-2)24-11-15-5-4-8-25(15)29(3,26)27/h6-7,9,15H,4-5,8,10-12H2,1-3H3,(H2,22,23,24)/t15-/m1/s1. The minimum Gasteiger partial charge on any atom is -0.484 e. The molecule has 0 radical (unpaired) electrons. The van der Waals surface area contributed by atoms with Crippen LogP contribution in [-0.4, -0.2) is 63.9 Å². The van der Waals surface area contributed by atoms with Gasteiger partial charge in [-0.2, -0.15) is 17.5 Å². The molecular weight excluding hydrogens is 409 g/mol. The molecule has 1 aliphatic rings. The van der Waals surface area contributed by atoms with Gasteiger partial charge in [-0.05, 0) is 31.4 Å². The second-order valence-electron chi connectivity index (χ2n) is 6.99. The van der Waals surface area contributed by atoms with Crippen LogP contribution >= 0.6 is 0 Å². The predicted octanol–water partition coefficient (Wildman–Crippen LogP) is 2.03. The summed E-state index contributed by atoms with van der Waals surface area (Å²) >= 11 is 0.